The van der Waals surface area contributed by atoms with Gasteiger partial charge >= 0.3 is 12.5 Å². The zero-order chi connectivity index (χ0) is 29.1. The first-order valence-corrected chi connectivity index (χ1v) is 12.7. The summed E-state index contributed by atoms with van der Waals surface area (Å²) in [6, 6.07) is 10.6. The van der Waals surface area contributed by atoms with Crippen LogP contribution in [0.4, 0.5) is 18.0 Å². The van der Waals surface area contributed by atoms with E-state index in [2.05, 4.69) is 16.9 Å². The molecule has 216 valence electrons. The number of methoxy groups -OCH3 is 1. The van der Waals surface area contributed by atoms with E-state index in [0.29, 0.717) is 29.4 Å². The first-order valence-electron chi connectivity index (χ1n) is 12.7. The molecule has 0 spiro atoms. The highest BCUT2D eigenvalue weighted by molar-refractivity contribution is 5.79. The highest BCUT2D eigenvalue weighted by Crippen LogP contribution is 2.25. The highest BCUT2D eigenvalue weighted by atomic mass is 19.3. The van der Waals surface area contributed by atoms with E-state index in [-0.39, 0.29) is 37.5 Å². The maximum Gasteiger partial charge on any atom is 0.425 e. The molecule has 9 nitrogen and oxygen atoms in total. The Labute approximate surface area is 231 Å². The van der Waals surface area contributed by atoms with E-state index in [9.17, 15) is 22.8 Å². The summed E-state index contributed by atoms with van der Waals surface area (Å²) in [4.78, 5) is 25.2. The number of carbonyl (C=O) groups excluding carboxylic acids is 2. The van der Waals surface area contributed by atoms with Gasteiger partial charge in [0.15, 0.2) is 0 Å². The Bertz CT molecular complexity index is 1180. The molecule has 0 aromatic heterocycles. The summed E-state index contributed by atoms with van der Waals surface area (Å²) in [7, 11) is 3.30. The van der Waals surface area contributed by atoms with Crippen LogP contribution in [0.15, 0.2) is 52.7 Å². The fourth-order valence-corrected chi connectivity index (χ4v) is 4.40. The van der Waals surface area contributed by atoms with Crippen molar-refractivity contribution in [1.82, 2.24) is 10.0 Å². The van der Waals surface area contributed by atoms with Gasteiger partial charge < -0.3 is 14.2 Å². The van der Waals surface area contributed by atoms with Crippen molar-refractivity contribution >= 4 is 25.0 Å². The van der Waals surface area contributed by atoms with Crippen LogP contribution in [0.25, 0.3) is 0 Å². The van der Waals surface area contributed by atoms with E-state index >= 15 is 0 Å². The van der Waals surface area contributed by atoms with Gasteiger partial charge in [0.1, 0.15) is 24.8 Å². The summed E-state index contributed by atoms with van der Waals surface area (Å²) < 4.78 is 55.7. The van der Waals surface area contributed by atoms with Gasteiger partial charge in [0.05, 0.1) is 12.6 Å². The van der Waals surface area contributed by atoms with E-state index in [1.807, 2.05) is 0 Å². The number of rotatable bonds is 12. The number of aldehydes is 1. The lowest BCUT2D eigenvalue weighted by Gasteiger charge is -2.34. The van der Waals surface area contributed by atoms with Gasteiger partial charge in [-0.05, 0) is 54.2 Å². The zero-order valence-electron chi connectivity index (χ0n) is 22.5. The standard InChI is InChI=1S/C28H33F3N4O5/c1-32-33-27(26(30)31)39-18-20-7-10-21(22(13-20)17-36)16-34(2)35(15-19-8-11-23(29)12-9-19)28(37)40-25-6-4-5-24(14-25)38-3/h7-13,17,24-26H,1,4-6,14-16,18H2,2-3H3/b33-27-. The van der Waals surface area contributed by atoms with Crippen LogP contribution in [-0.4, -0.2) is 67.8 Å². The third-order valence-corrected chi connectivity index (χ3v) is 6.53. The van der Waals surface area contributed by atoms with Crippen molar-refractivity contribution in [2.24, 2.45) is 10.2 Å². The van der Waals surface area contributed by atoms with Gasteiger partial charge in [-0.25, -0.2) is 19.2 Å². The topological polar surface area (TPSA) is 93.0 Å². The molecule has 1 fully saturated rings. The number of benzene rings is 2. The van der Waals surface area contributed by atoms with Gasteiger partial charge in [0.2, 0.25) is 0 Å². The molecule has 1 aliphatic carbocycles. The first-order chi connectivity index (χ1) is 19.2. The Morgan fingerprint density at radius 3 is 2.48 bits per heavy atom. The SMILES string of the molecule is C=N/N=C(\OCc1ccc(CN(C)N(Cc2ccc(F)cc2)C(=O)OC2CCCC(OC)C2)c(C=O)c1)C(F)F. The van der Waals surface area contributed by atoms with Crippen LogP contribution in [-0.2, 0) is 33.9 Å². The second-order valence-corrected chi connectivity index (χ2v) is 9.35. The van der Waals surface area contributed by atoms with Gasteiger partial charge in [-0.15, -0.1) is 5.10 Å². The van der Waals surface area contributed by atoms with Crippen molar-refractivity contribution in [2.45, 2.75) is 64.0 Å². The number of hydrogen-bond acceptors (Lipinski definition) is 8. The van der Waals surface area contributed by atoms with Crippen molar-refractivity contribution in [3.8, 4) is 0 Å². The van der Waals surface area contributed by atoms with Crippen LogP contribution in [0.2, 0.25) is 0 Å². The number of hydrogen-bond donors (Lipinski definition) is 0. The minimum atomic E-state index is -2.97. The molecule has 2 unspecified atom stereocenters. The zero-order valence-corrected chi connectivity index (χ0v) is 22.5. The number of carbonyl (C=O) groups is 2. The Morgan fingerprint density at radius 1 is 1.12 bits per heavy atom. The van der Waals surface area contributed by atoms with Gasteiger partial charge in [0, 0.05) is 39.4 Å². The Kier molecular flexibility index (Phi) is 11.6. The second kappa shape index (κ2) is 15.1. The molecule has 1 aliphatic rings. The van der Waals surface area contributed by atoms with Gasteiger partial charge in [-0.2, -0.15) is 13.9 Å². The minimum Gasteiger partial charge on any atom is -0.471 e. The van der Waals surface area contributed by atoms with Crippen molar-refractivity contribution < 1.29 is 37.0 Å². The van der Waals surface area contributed by atoms with Crippen LogP contribution in [0.3, 0.4) is 0 Å². The molecule has 0 N–H and O–H groups in total. The van der Waals surface area contributed by atoms with Crippen LogP contribution in [0, 0.1) is 5.82 Å². The average Bonchev–Trinajstić information content (AvgIpc) is 2.95. The molecular formula is C28H33F3N4O5. The summed E-state index contributed by atoms with van der Waals surface area (Å²) in [5.74, 6) is -1.28. The Hall–Kier alpha value is -3.77. The third kappa shape index (κ3) is 8.88. The quantitative estimate of drug-likeness (QED) is 0.149. The lowest BCUT2D eigenvalue weighted by Crippen LogP contribution is -2.45. The lowest BCUT2D eigenvalue weighted by atomic mass is 9.95. The fourth-order valence-electron chi connectivity index (χ4n) is 4.40. The number of halogens is 3. The molecule has 2 aromatic carbocycles. The van der Waals surface area contributed by atoms with Gasteiger partial charge in [-0.1, -0.05) is 24.3 Å². The normalized spacial score (nSPS) is 17.5. The predicted molar refractivity (Wildman–Crippen MR) is 143 cm³/mol. The van der Waals surface area contributed by atoms with Crippen molar-refractivity contribution in [3.63, 3.8) is 0 Å². The van der Waals surface area contributed by atoms with Crippen molar-refractivity contribution in [2.75, 3.05) is 14.2 Å². The molecule has 40 heavy (non-hydrogen) atoms. The summed E-state index contributed by atoms with van der Waals surface area (Å²) >= 11 is 0. The second-order valence-electron chi connectivity index (χ2n) is 9.35. The third-order valence-electron chi connectivity index (χ3n) is 6.53. The molecule has 3 rings (SSSR count). The summed E-state index contributed by atoms with van der Waals surface area (Å²) in [5, 5.41) is 9.23. The molecule has 1 amide bonds. The molecular weight excluding hydrogens is 529 g/mol. The van der Waals surface area contributed by atoms with Crippen molar-refractivity contribution in [1.29, 1.82) is 0 Å². The lowest BCUT2D eigenvalue weighted by molar-refractivity contribution is -0.0519. The summed E-state index contributed by atoms with van der Waals surface area (Å²) in [6.07, 6.45) is -0.115. The molecule has 0 heterocycles. The van der Waals surface area contributed by atoms with Crippen LogP contribution < -0.4 is 0 Å². The van der Waals surface area contributed by atoms with Crippen LogP contribution >= 0.6 is 0 Å². The Morgan fingerprint density at radius 2 is 1.82 bits per heavy atom. The smallest absolute Gasteiger partial charge is 0.425 e. The number of hydrazine groups is 1. The van der Waals surface area contributed by atoms with E-state index in [1.165, 1.54) is 23.2 Å². The van der Waals surface area contributed by atoms with Crippen molar-refractivity contribution in [3.05, 3.63) is 70.5 Å². The molecule has 0 bridgehead atoms. The molecule has 0 aliphatic heterocycles. The summed E-state index contributed by atoms with van der Waals surface area (Å²) in [6.45, 7) is 3.02. The van der Waals surface area contributed by atoms with E-state index in [0.717, 1.165) is 19.3 Å². The molecule has 2 atom stereocenters. The van der Waals surface area contributed by atoms with E-state index in [4.69, 9.17) is 14.2 Å². The fraction of sp³-hybridized carbons (Fsp3) is 0.429. The molecule has 0 saturated heterocycles. The maximum atomic E-state index is 13.5. The largest absolute Gasteiger partial charge is 0.471 e. The number of alkyl halides is 2. The predicted octanol–water partition coefficient (Wildman–Crippen LogP) is 5.38. The first kappa shape index (κ1) is 30.8. The monoisotopic (exact) mass is 562 g/mol. The van der Waals surface area contributed by atoms with Crippen LogP contribution in [0.1, 0.15) is 52.7 Å². The van der Waals surface area contributed by atoms with E-state index < -0.39 is 24.2 Å². The molecule has 1 saturated carbocycles. The average molecular weight is 563 g/mol. The number of amides is 1. The minimum absolute atomic E-state index is 0.0172. The number of nitrogens with zero attached hydrogens (tertiary/aromatic N) is 4. The molecule has 2 aromatic rings. The van der Waals surface area contributed by atoms with E-state index in [1.54, 1.807) is 43.4 Å². The maximum absolute atomic E-state index is 13.5. The molecule has 12 heteroatoms. The van der Waals surface area contributed by atoms with Gasteiger partial charge in [0.25, 0.3) is 5.90 Å². The van der Waals surface area contributed by atoms with Crippen LogP contribution in [0.5, 0.6) is 0 Å². The summed E-state index contributed by atoms with van der Waals surface area (Å²) in [5.41, 5.74) is 2.00. The molecule has 0 radical (unpaired) electrons. The highest BCUT2D eigenvalue weighted by Gasteiger charge is 2.29. The Balaban J connectivity index is 1.76. The van der Waals surface area contributed by atoms with Gasteiger partial charge in [-0.3, -0.25) is 4.79 Å². The number of ether oxygens (including phenoxy) is 3.